The molecule has 0 radical (unpaired) electrons. The number of aliphatic hydroxyl groups excluding tert-OH is 1. The van der Waals surface area contributed by atoms with Gasteiger partial charge in [-0.1, -0.05) is 0 Å². The first kappa shape index (κ1) is 9.42. The lowest BCUT2D eigenvalue weighted by molar-refractivity contribution is 0.280. The molecule has 0 aliphatic rings. The minimum Gasteiger partial charge on any atom is -0.493 e. The lowest BCUT2D eigenvalue weighted by atomic mass is 10.1. The Labute approximate surface area is 75.6 Å². The van der Waals surface area contributed by atoms with Gasteiger partial charge in [-0.15, -0.1) is 0 Å². The van der Waals surface area contributed by atoms with Crippen LogP contribution in [0.5, 0.6) is 5.75 Å². The quantitative estimate of drug-likeness (QED) is 0.711. The van der Waals surface area contributed by atoms with Crippen molar-refractivity contribution in [3.05, 3.63) is 18.2 Å². The average molecular weight is 179 g/mol. The van der Waals surface area contributed by atoms with Crippen molar-refractivity contribution in [3.8, 4) is 11.8 Å². The molecule has 0 amide bonds. The first-order valence-electron chi connectivity index (χ1n) is 3.67. The maximum atomic E-state index is 8.86. The van der Waals surface area contributed by atoms with Crippen LogP contribution >= 0.6 is 0 Å². The Hall–Kier alpha value is -1.67. The summed E-state index contributed by atoms with van der Waals surface area (Å²) in [5.74, 6) is -0.235. The van der Waals surface area contributed by atoms with E-state index in [2.05, 4.69) is 9.97 Å². The van der Waals surface area contributed by atoms with Gasteiger partial charge in [0.05, 0.1) is 26.0 Å². The van der Waals surface area contributed by atoms with Crippen molar-refractivity contribution >= 4 is 0 Å². The highest BCUT2D eigenvalue weighted by molar-refractivity contribution is 5.30. The molecule has 0 bridgehead atoms. The van der Waals surface area contributed by atoms with Crippen molar-refractivity contribution in [1.82, 2.24) is 9.97 Å². The second-order valence-electron chi connectivity index (χ2n) is 2.34. The van der Waals surface area contributed by atoms with Crippen LogP contribution in [0.4, 0.5) is 0 Å². The average Bonchev–Trinajstić information content (AvgIpc) is 2.20. The molecule has 1 aromatic heterocycles. The number of nitrogens with zero attached hydrogens (tertiary/aromatic N) is 3. The van der Waals surface area contributed by atoms with Crippen LogP contribution in [0, 0.1) is 11.3 Å². The van der Waals surface area contributed by atoms with Crippen LogP contribution in [-0.2, 0) is 0 Å². The van der Waals surface area contributed by atoms with Crippen molar-refractivity contribution in [1.29, 1.82) is 5.26 Å². The van der Waals surface area contributed by atoms with Gasteiger partial charge in [0.25, 0.3) is 0 Å². The van der Waals surface area contributed by atoms with Gasteiger partial charge in [-0.3, -0.25) is 0 Å². The molecule has 0 aliphatic heterocycles. The molecule has 68 valence electrons. The van der Waals surface area contributed by atoms with E-state index in [1.54, 1.807) is 0 Å². The van der Waals surface area contributed by atoms with Gasteiger partial charge in [0.15, 0.2) is 5.75 Å². The van der Waals surface area contributed by atoms with E-state index in [9.17, 15) is 0 Å². The van der Waals surface area contributed by atoms with Crippen molar-refractivity contribution in [3.63, 3.8) is 0 Å². The zero-order valence-corrected chi connectivity index (χ0v) is 7.14. The number of aliphatic hydroxyl groups is 1. The van der Waals surface area contributed by atoms with Gasteiger partial charge in [0.1, 0.15) is 17.9 Å². The molecule has 1 unspecified atom stereocenters. The molecule has 13 heavy (non-hydrogen) atoms. The summed E-state index contributed by atoms with van der Waals surface area (Å²) in [6.45, 7) is -0.274. The Morgan fingerprint density at radius 1 is 1.77 bits per heavy atom. The zero-order chi connectivity index (χ0) is 9.68. The summed E-state index contributed by atoms with van der Waals surface area (Å²) in [4.78, 5) is 7.61. The molecule has 0 fully saturated rings. The minimum absolute atomic E-state index is 0.274. The third kappa shape index (κ3) is 1.92. The Bertz CT molecular complexity index is 321. The summed E-state index contributed by atoms with van der Waals surface area (Å²) in [6, 6.07) is 1.92. The van der Waals surface area contributed by atoms with Gasteiger partial charge in [0.2, 0.25) is 0 Å². The maximum Gasteiger partial charge on any atom is 0.160 e. The number of hydrogen-bond acceptors (Lipinski definition) is 5. The molecule has 5 nitrogen and oxygen atoms in total. The molecule has 1 rings (SSSR count). The highest BCUT2D eigenvalue weighted by Gasteiger charge is 2.15. The maximum absolute atomic E-state index is 8.86. The smallest absolute Gasteiger partial charge is 0.160 e. The molecule has 1 N–H and O–H groups in total. The molecule has 1 aromatic rings. The van der Waals surface area contributed by atoms with Crippen LogP contribution in [0.2, 0.25) is 0 Å². The minimum atomic E-state index is -0.655. The van der Waals surface area contributed by atoms with E-state index in [-0.39, 0.29) is 6.61 Å². The molecule has 0 spiro atoms. The van der Waals surface area contributed by atoms with E-state index in [0.717, 1.165) is 0 Å². The molecule has 1 atom stereocenters. The third-order valence-corrected chi connectivity index (χ3v) is 1.60. The SMILES string of the molecule is COc1cncnc1C(C#N)CO. The van der Waals surface area contributed by atoms with Gasteiger partial charge in [0, 0.05) is 0 Å². The Morgan fingerprint density at radius 2 is 2.54 bits per heavy atom. The summed E-state index contributed by atoms with van der Waals surface area (Å²) in [6.07, 6.45) is 2.78. The van der Waals surface area contributed by atoms with Crippen LogP contribution in [0.15, 0.2) is 12.5 Å². The summed E-state index contributed by atoms with van der Waals surface area (Å²) in [7, 11) is 1.47. The number of rotatable bonds is 3. The second-order valence-corrected chi connectivity index (χ2v) is 2.34. The fraction of sp³-hybridized carbons (Fsp3) is 0.375. The lowest BCUT2D eigenvalue weighted by Crippen LogP contribution is -2.06. The zero-order valence-electron chi connectivity index (χ0n) is 7.14. The van der Waals surface area contributed by atoms with Crippen LogP contribution in [0.25, 0.3) is 0 Å². The first-order chi connectivity index (χ1) is 6.33. The Balaban J connectivity index is 3.05. The first-order valence-corrected chi connectivity index (χ1v) is 3.67. The van der Waals surface area contributed by atoms with Crippen LogP contribution < -0.4 is 4.74 Å². The van der Waals surface area contributed by atoms with E-state index in [4.69, 9.17) is 15.1 Å². The van der Waals surface area contributed by atoms with E-state index >= 15 is 0 Å². The van der Waals surface area contributed by atoms with Gasteiger partial charge in [-0.25, -0.2) is 9.97 Å². The Morgan fingerprint density at radius 3 is 3.08 bits per heavy atom. The van der Waals surface area contributed by atoms with E-state index in [1.807, 2.05) is 6.07 Å². The molecular weight excluding hydrogens is 170 g/mol. The molecule has 0 aliphatic carbocycles. The van der Waals surface area contributed by atoms with Crippen LogP contribution in [-0.4, -0.2) is 28.8 Å². The van der Waals surface area contributed by atoms with Crippen molar-refractivity contribution in [2.75, 3.05) is 13.7 Å². The topological polar surface area (TPSA) is 79.0 Å². The van der Waals surface area contributed by atoms with Gasteiger partial charge >= 0.3 is 0 Å². The van der Waals surface area contributed by atoms with Crippen molar-refractivity contribution < 1.29 is 9.84 Å². The lowest BCUT2D eigenvalue weighted by Gasteiger charge is -2.08. The summed E-state index contributed by atoms with van der Waals surface area (Å²) >= 11 is 0. The molecular formula is C8H9N3O2. The summed E-state index contributed by atoms with van der Waals surface area (Å²) in [5.41, 5.74) is 0.419. The van der Waals surface area contributed by atoms with Crippen LogP contribution in [0.3, 0.4) is 0 Å². The van der Waals surface area contributed by atoms with E-state index < -0.39 is 5.92 Å². The number of ether oxygens (including phenoxy) is 1. The third-order valence-electron chi connectivity index (χ3n) is 1.60. The van der Waals surface area contributed by atoms with Crippen molar-refractivity contribution in [2.45, 2.75) is 5.92 Å². The highest BCUT2D eigenvalue weighted by atomic mass is 16.5. The molecule has 0 saturated carbocycles. The molecule has 5 heteroatoms. The van der Waals surface area contributed by atoms with Gasteiger partial charge in [-0.05, 0) is 0 Å². The number of aromatic nitrogens is 2. The number of methoxy groups -OCH3 is 1. The molecule has 1 heterocycles. The van der Waals surface area contributed by atoms with E-state index in [0.29, 0.717) is 11.4 Å². The monoisotopic (exact) mass is 179 g/mol. The predicted molar refractivity (Wildman–Crippen MR) is 44.0 cm³/mol. The fourth-order valence-corrected chi connectivity index (χ4v) is 0.934. The normalized spacial score (nSPS) is 11.8. The molecule has 0 saturated heterocycles. The second kappa shape index (κ2) is 4.38. The number of nitriles is 1. The predicted octanol–water partition coefficient (Wildman–Crippen LogP) is 0.0847. The van der Waals surface area contributed by atoms with E-state index in [1.165, 1.54) is 19.6 Å². The standard InChI is InChI=1S/C8H9N3O2/c1-13-7-3-10-5-11-8(7)6(2-9)4-12/h3,5-6,12H,4H2,1H3. The largest absolute Gasteiger partial charge is 0.493 e. The fourth-order valence-electron chi connectivity index (χ4n) is 0.934. The van der Waals surface area contributed by atoms with Crippen molar-refractivity contribution in [2.24, 2.45) is 0 Å². The Kier molecular flexibility index (Phi) is 3.17. The van der Waals surface area contributed by atoms with Gasteiger partial charge in [-0.2, -0.15) is 5.26 Å². The summed E-state index contributed by atoms with van der Waals surface area (Å²) in [5, 5.41) is 17.5. The van der Waals surface area contributed by atoms with Crippen LogP contribution in [0.1, 0.15) is 11.6 Å². The highest BCUT2D eigenvalue weighted by Crippen LogP contribution is 2.21. The van der Waals surface area contributed by atoms with Gasteiger partial charge < -0.3 is 9.84 Å². The number of hydrogen-bond donors (Lipinski definition) is 1. The molecule has 0 aromatic carbocycles. The summed E-state index contributed by atoms with van der Waals surface area (Å²) < 4.78 is 4.94.